The molecule has 0 aliphatic rings. The lowest BCUT2D eigenvalue weighted by atomic mass is 10.0. The monoisotopic (exact) mass is 253 g/mol. The number of aromatic nitrogens is 3. The highest BCUT2D eigenvalue weighted by Gasteiger charge is 2.04. The van der Waals surface area contributed by atoms with Gasteiger partial charge in [-0.25, -0.2) is 4.98 Å². The van der Waals surface area contributed by atoms with Gasteiger partial charge < -0.3 is 4.98 Å². The highest BCUT2D eigenvalue weighted by atomic mass is 32.1. The van der Waals surface area contributed by atoms with Gasteiger partial charge in [0.25, 0.3) is 0 Å². The second-order valence-corrected chi connectivity index (χ2v) is 4.54. The summed E-state index contributed by atoms with van der Waals surface area (Å²) in [6, 6.07) is 10.0. The Labute approximate surface area is 110 Å². The van der Waals surface area contributed by atoms with Crippen molar-refractivity contribution in [3.05, 3.63) is 53.2 Å². The van der Waals surface area contributed by atoms with Crippen LogP contribution in [0.2, 0.25) is 0 Å². The number of pyridine rings is 1. The molecule has 0 aliphatic heterocycles. The standard InChI is InChI=1S/C14H11N3S/c1-9-16-13(7-14(18)17-9)12-4-2-3-10-8-15-6-5-11(10)12/h2-8H,1H3,(H,16,17,18). The van der Waals surface area contributed by atoms with Crippen molar-refractivity contribution in [3.8, 4) is 11.3 Å². The molecule has 2 heterocycles. The van der Waals surface area contributed by atoms with Crippen LogP contribution in [0.15, 0.2) is 42.7 Å². The zero-order valence-electron chi connectivity index (χ0n) is 9.84. The molecule has 0 unspecified atom stereocenters. The van der Waals surface area contributed by atoms with Gasteiger partial charge in [0.1, 0.15) is 10.5 Å². The Morgan fingerprint density at radius 1 is 1.22 bits per heavy atom. The van der Waals surface area contributed by atoms with Crippen LogP contribution in [0.25, 0.3) is 22.0 Å². The third kappa shape index (κ3) is 1.91. The molecule has 0 radical (unpaired) electrons. The number of hydrogen-bond acceptors (Lipinski definition) is 3. The third-order valence-corrected chi connectivity index (χ3v) is 3.04. The summed E-state index contributed by atoms with van der Waals surface area (Å²) >= 11 is 5.17. The zero-order valence-corrected chi connectivity index (χ0v) is 10.7. The first-order valence-electron chi connectivity index (χ1n) is 5.65. The van der Waals surface area contributed by atoms with E-state index >= 15 is 0 Å². The molecule has 3 rings (SSSR count). The van der Waals surface area contributed by atoms with Gasteiger partial charge in [-0.3, -0.25) is 4.98 Å². The second kappa shape index (κ2) is 4.31. The summed E-state index contributed by atoms with van der Waals surface area (Å²) in [4.78, 5) is 11.6. The van der Waals surface area contributed by atoms with E-state index in [0.717, 1.165) is 27.9 Å². The summed E-state index contributed by atoms with van der Waals surface area (Å²) in [5, 5.41) is 2.27. The van der Waals surface area contributed by atoms with Gasteiger partial charge in [-0.05, 0) is 24.4 Å². The van der Waals surface area contributed by atoms with E-state index in [-0.39, 0.29) is 0 Å². The normalized spacial score (nSPS) is 10.7. The van der Waals surface area contributed by atoms with E-state index in [1.165, 1.54) is 0 Å². The Hall–Kier alpha value is -2.07. The van der Waals surface area contributed by atoms with Crippen LogP contribution in [0.1, 0.15) is 5.82 Å². The molecule has 1 aromatic carbocycles. The average Bonchev–Trinajstić information content (AvgIpc) is 2.37. The summed E-state index contributed by atoms with van der Waals surface area (Å²) in [6.07, 6.45) is 3.66. The van der Waals surface area contributed by atoms with Crippen LogP contribution in [-0.4, -0.2) is 15.0 Å². The number of hydrogen-bond donors (Lipinski definition) is 1. The van der Waals surface area contributed by atoms with Crippen molar-refractivity contribution in [2.75, 3.05) is 0 Å². The lowest BCUT2D eigenvalue weighted by molar-refractivity contribution is 1.05. The maximum absolute atomic E-state index is 5.17. The largest absolute Gasteiger partial charge is 0.343 e. The second-order valence-electron chi connectivity index (χ2n) is 4.12. The van der Waals surface area contributed by atoms with E-state index in [1.807, 2.05) is 31.3 Å². The number of benzene rings is 1. The smallest absolute Gasteiger partial charge is 0.130 e. The van der Waals surface area contributed by atoms with Gasteiger partial charge >= 0.3 is 0 Å². The predicted octanol–water partition coefficient (Wildman–Crippen LogP) is 3.66. The summed E-state index contributed by atoms with van der Waals surface area (Å²) in [7, 11) is 0. The molecule has 0 saturated heterocycles. The molecule has 0 atom stereocenters. The van der Waals surface area contributed by atoms with Gasteiger partial charge in [0.05, 0.1) is 5.69 Å². The molecule has 18 heavy (non-hydrogen) atoms. The minimum absolute atomic E-state index is 0.604. The molecule has 0 fully saturated rings. The van der Waals surface area contributed by atoms with Crippen LogP contribution in [0.3, 0.4) is 0 Å². The SMILES string of the molecule is Cc1nc(=S)cc(-c2cccc3cnccc23)[nH]1. The zero-order chi connectivity index (χ0) is 12.5. The van der Waals surface area contributed by atoms with Crippen LogP contribution < -0.4 is 0 Å². The first-order valence-corrected chi connectivity index (χ1v) is 6.06. The van der Waals surface area contributed by atoms with Crippen molar-refractivity contribution < 1.29 is 0 Å². The van der Waals surface area contributed by atoms with Crippen molar-refractivity contribution >= 4 is 23.0 Å². The van der Waals surface area contributed by atoms with Gasteiger partial charge in [0, 0.05) is 23.3 Å². The average molecular weight is 253 g/mol. The fourth-order valence-corrected chi connectivity index (χ4v) is 2.34. The van der Waals surface area contributed by atoms with Gasteiger partial charge in [0.2, 0.25) is 0 Å². The maximum atomic E-state index is 5.17. The molecular weight excluding hydrogens is 242 g/mol. The number of rotatable bonds is 1. The highest BCUT2D eigenvalue weighted by Crippen LogP contribution is 2.26. The van der Waals surface area contributed by atoms with Crippen molar-refractivity contribution in [2.24, 2.45) is 0 Å². The summed E-state index contributed by atoms with van der Waals surface area (Å²) in [5.74, 6) is 0.823. The Morgan fingerprint density at radius 3 is 2.94 bits per heavy atom. The fraction of sp³-hybridized carbons (Fsp3) is 0.0714. The molecule has 0 spiro atoms. The van der Waals surface area contributed by atoms with Gasteiger partial charge in [-0.1, -0.05) is 30.4 Å². The molecule has 2 aromatic heterocycles. The molecule has 3 nitrogen and oxygen atoms in total. The summed E-state index contributed by atoms with van der Waals surface area (Å²) in [5.41, 5.74) is 2.11. The van der Waals surface area contributed by atoms with E-state index in [1.54, 1.807) is 6.20 Å². The number of aromatic amines is 1. The van der Waals surface area contributed by atoms with E-state index in [2.05, 4.69) is 27.1 Å². The molecule has 3 aromatic rings. The highest BCUT2D eigenvalue weighted by molar-refractivity contribution is 7.71. The van der Waals surface area contributed by atoms with Crippen LogP contribution in [0.5, 0.6) is 0 Å². The molecule has 4 heteroatoms. The van der Waals surface area contributed by atoms with Crippen LogP contribution in [-0.2, 0) is 0 Å². The lowest BCUT2D eigenvalue weighted by Gasteiger charge is -2.07. The number of aryl methyl sites for hydroxylation is 1. The van der Waals surface area contributed by atoms with Crippen molar-refractivity contribution in [1.82, 2.24) is 15.0 Å². The van der Waals surface area contributed by atoms with E-state index in [4.69, 9.17) is 12.2 Å². The molecular formula is C14H11N3S. The molecule has 0 amide bonds. The minimum Gasteiger partial charge on any atom is -0.343 e. The van der Waals surface area contributed by atoms with E-state index < -0.39 is 0 Å². The van der Waals surface area contributed by atoms with Gasteiger partial charge in [0.15, 0.2) is 0 Å². The fourth-order valence-electron chi connectivity index (χ4n) is 2.08. The number of fused-ring (bicyclic) bond motifs is 1. The Morgan fingerprint density at radius 2 is 2.11 bits per heavy atom. The van der Waals surface area contributed by atoms with Crippen molar-refractivity contribution in [3.63, 3.8) is 0 Å². The lowest BCUT2D eigenvalue weighted by Crippen LogP contribution is -1.92. The van der Waals surface area contributed by atoms with Crippen LogP contribution >= 0.6 is 12.2 Å². The summed E-state index contributed by atoms with van der Waals surface area (Å²) < 4.78 is 0.604. The van der Waals surface area contributed by atoms with E-state index in [9.17, 15) is 0 Å². The molecule has 88 valence electrons. The number of nitrogens with zero attached hydrogens (tertiary/aromatic N) is 2. The van der Waals surface area contributed by atoms with Crippen molar-refractivity contribution in [1.29, 1.82) is 0 Å². The molecule has 1 N–H and O–H groups in total. The topological polar surface area (TPSA) is 41.6 Å². The predicted molar refractivity (Wildman–Crippen MR) is 74.9 cm³/mol. The van der Waals surface area contributed by atoms with E-state index in [0.29, 0.717) is 4.64 Å². The maximum Gasteiger partial charge on any atom is 0.130 e. The van der Waals surface area contributed by atoms with Crippen LogP contribution in [0.4, 0.5) is 0 Å². The molecule has 0 aliphatic carbocycles. The quantitative estimate of drug-likeness (QED) is 0.673. The Bertz CT molecular complexity index is 772. The van der Waals surface area contributed by atoms with Gasteiger partial charge in [-0.15, -0.1) is 0 Å². The number of nitrogens with one attached hydrogen (secondary N) is 1. The Kier molecular flexibility index (Phi) is 2.64. The molecule has 0 saturated carbocycles. The third-order valence-electron chi connectivity index (χ3n) is 2.83. The van der Waals surface area contributed by atoms with Gasteiger partial charge in [-0.2, -0.15) is 0 Å². The van der Waals surface area contributed by atoms with Crippen molar-refractivity contribution in [2.45, 2.75) is 6.92 Å². The minimum atomic E-state index is 0.604. The summed E-state index contributed by atoms with van der Waals surface area (Å²) in [6.45, 7) is 1.91. The number of H-pyrrole nitrogens is 1. The molecule has 0 bridgehead atoms. The first-order chi connectivity index (χ1) is 8.74. The first kappa shape index (κ1) is 11.0. The van der Waals surface area contributed by atoms with Crippen LogP contribution in [0, 0.1) is 11.6 Å². The Balaban J connectivity index is 2.34.